The first-order valence-corrected chi connectivity index (χ1v) is 10.9. The predicted molar refractivity (Wildman–Crippen MR) is 115 cm³/mol. The van der Waals surface area contributed by atoms with Crippen molar-refractivity contribution >= 4 is 23.7 Å². The van der Waals surface area contributed by atoms with Gasteiger partial charge in [-0.25, -0.2) is 0 Å². The third-order valence-corrected chi connectivity index (χ3v) is 6.91. The molecule has 1 rings (SSSR count). The van der Waals surface area contributed by atoms with Crippen molar-refractivity contribution in [2.24, 2.45) is 11.7 Å². The quantitative estimate of drug-likeness (QED) is 0.451. The molecule has 0 spiro atoms. The molecule has 0 aromatic heterocycles. The molecule has 1 aliphatic heterocycles. The largest absolute Gasteiger partial charge is 0.480 e. The van der Waals surface area contributed by atoms with Crippen molar-refractivity contribution < 1.29 is 29.3 Å². The molecule has 0 fully saturated rings. The summed E-state index contributed by atoms with van der Waals surface area (Å²) in [6.07, 6.45) is 6.56. The van der Waals surface area contributed by atoms with E-state index in [0.717, 1.165) is 30.2 Å². The molecule has 0 aliphatic carbocycles. The number of cyclic esters (lactones) is 1. The summed E-state index contributed by atoms with van der Waals surface area (Å²) in [4.78, 5) is 23.5. The number of esters is 1. The van der Waals surface area contributed by atoms with E-state index in [0.29, 0.717) is 0 Å². The zero-order valence-electron chi connectivity index (χ0n) is 18.0. The first-order valence-electron chi connectivity index (χ1n) is 9.88. The standard InChI is InChI=1S/C21H35NO6S/c1-13-7-6-8-14(2)17(27-5)9-10-21(4,26)18(11-19(23)28-15(13)3)29-12-16(22)20(24)25/h8-10,13,15-18,26H,6-7,11-12,22H2,1-5H3,(H,24,25)/b10-9+,14-8+/t13-,15-,16+,17-,18-,21-/m1/s1. The van der Waals surface area contributed by atoms with E-state index in [9.17, 15) is 14.7 Å². The van der Waals surface area contributed by atoms with Gasteiger partial charge in [-0.15, -0.1) is 0 Å². The maximum absolute atomic E-state index is 12.5. The number of hydrogen-bond donors (Lipinski definition) is 3. The number of carbonyl (C=O) groups excluding carboxylic acids is 1. The first kappa shape index (κ1) is 25.7. The number of carboxylic acids is 1. The number of rotatable bonds is 5. The van der Waals surface area contributed by atoms with E-state index in [1.807, 2.05) is 20.8 Å². The minimum Gasteiger partial charge on any atom is -0.480 e. The smallest absolute Gasteiger partial charge is 0.321 e. The highest BCUT2D eigenvalue weighted by molar-refractivity contribution is 8.00. The summed E-state index contributed by atoms with van der Waals surface area (Å²) in [5.41, 5.74) is 5.25. The molecular weight excluding hydrogens is 394 g/mol. The molecule has 8 heteroatoms. The van der Waals surface area contributed by atoms with Crippen LogP contribution >= 0.6 is 11.8 Å². The average Bonchev–Trinajstić information content (AvgIpc) is 2.63. The van der Waals surface area contributed by atoms with Crippen LogP contribution in [-0.4, -0.2) is 64.1 Å². The van der Waals surface area contributed by atoms with Crippen LogP contribution in [-0.2, 0) is 19.1 Å². The van der Waals surface area contributed by atoms with Gasteiger partial charge in [0, 0.05) is 18.1 Å². The molecule has 0 saturated carbocycles. The zero-order chi connectivity index (χ0) is 22.2. The third-order valence-electron chi connectivity index (χ3n) is 5.32. The maximum Gasteiger partial charge on any atom is 0.321 e. The molecule has 1 aliphatic rings. The van der Waals surface area contributed by atoms with E-state index >= 15 is 0 Å². The maximum atomic E-state index is 12.5. The Kier molecular flexibility index (Phi) is 10.4. The van der Waals surface area contributed by atoms with Crippen molar-refractivity contribution in [3.8, 4) is 0 Å². The normalized spacial score (nSPS) is 36.2. The summed E-state index contributed by atoms with van der Waals surface area (Å²) in [6.45, 7) is 7.47. The fourth-order valence-corrected chi connectivity index (χ4v) is 4.23. The topological polar surface area (TPSA) is 119 Å². The number of nitrogens with two attached hydrogens (primary N) is 1. The number of thioether (sulfide) groups is 1. The lowest BCUT2D eigenvalue weighted by atomic mass is 9.95. The fraction of sp³-hybridized carbons (Fsp3) is 0.714. The van der Waals surface area contributed by atoms with Gasteiger partial charge in [-0.1, -0.05) is 25.2 Å². The van der Waals surface area contributed by atoms with Gasteiger partial charge < -0.3 is 25.4 Å². The second kappa shape index (κ2) is 11.7. The van der Waals surface area contributed by atoms with Crippen molar-refractivity contribution in [3.05, 3.63) is 23.8 Å². The fourth-order valence-electron chi connectivity index (χ4n) is 2.98. The highest BCUT2D eigenvalue weighted by Gasteiger charge is 2.34. The number of hydrogen-bond acceptors (Lipinski definition) is 7. The molecule has 0 aromatic rings. The molecule has 7 nitrogen and oxygen atoms in total. The van der Waals surface area contributed by atoms with E-state index in [2.05, 4.69) is 6.08 Å². The van der Waals surface area contributed by atoms with Gasteiger partial charge in [-0.05, 0) is 45.1 Å². The monoisotopic (exact) mass is 429 g/mol. The van der Waals surface area contributed by atoms with Crippen LogP contribution in [0.5, 0.6) is 0 Å². The second-order valence-corrected chi connectivity index (χ2v) is 9.15. The Bertz CT molecular complexity index is 618. The summed E-state index contributed by atoms with van der Waals surface area (Å²) >= 11 is 1.15. The summed E-state index contributed by atoms with van der Waals surface area (Å²) < 4.78 is 11.1. The lowest BCUT2D eigenvalue weighted by Crippen LogP contribution is -2.40. The molecule has 1 heterocycles. The van der Waals surface area contributed by atoms with Crippen molar-refractivity contribution in [3.63, 3.8) is 0 Å². The molecule has 6 atom stereocenters. The number of methoxy groups -OCH3 is 1. The van der Waals surface area contributed by atoms with Crippen molar-refractivity contribution in [2.45, 2.75) is 76.1 Å². The Morgan fingerprint density at radius 1 is 1.48 bits per heavy atom. The minimum atomic E-state index is -1.39. The van der Waals surface area contributed by atoms with Gasteiger partial charge in [0.2, 0.25) is 0 Å². The van der Waals surface area contributed by atoms with Crippen LogP contribution in [0, 0.1) is 5.92 Å². The van der Waals surface area contributed by atoms with Gasteiger partial charge in [0.15, 0.2) is 0 Å². The Morgan fingerprint density at radius 2 is 2.14 bits per heavy atom. The first-order chi connectivity index (χ1) is 13.5. The molecule has 0 saturated heterocycles. The number of aliphatic hydroxyl groups is 1. The van der Waals surface area contributed by atoms with E-state index < -0.39 is 28.8 Å². The Morgan fingerprint density at radius 3 is 2.72 bits per heavy atom. The highest BCUT2D eigenvalue weighted by atomic mass is 32.2. The van der Waals surface area contributed by atoms with Crippen LogP contribution in [0.1, 0.15) is 47.0 Å². The van der Waals surface area contributed by atoms with Crippen molar-refractivity contribution in [1.82, 2.24) is 0 Å². The lowest BCUT2D eigenvalue weighted by Gasteiger charge is -2.31. The zero-order valence-corrected chi connectivity index (χ0v) is 18.8. The van der Waals surface area contributed by atoms with E-state index in [1.165, 1.54) is 0 Å². The van der Waals surface area contributed by atoms with Crippen LogP contribution in [0.3, 0.4) is 0 Å². The number of carbonyl (C=O) groups is 2. The average molecular weight is 430 g/mol. The summed E-state index contributed by atoms with van der Waals surface area (Å²) in [5.74, 6) is -1.31. The SMILES string of the molecule is CO[C@@H]1/C=C/[C@@](C)(O)[C@H](SC[C@H](N)C(=O)O)CC(=O)O[C@H](C)[C@H](C)CC/C=C/1C. The summed E-state index contributed by atoms with van der Waals surface area (Å²) in [7, 11) is 1.60. The van der Waals surface area contributed by atoms with Crippen molar-refractivity contribution in [1.29, 1.82) is 0 Å². The van der Waals surface area contributed by atoms with Crippen LogP contribution in [0.4, 0.5) is 0 Å². The van der Waals surface area contributed by atoms with Gasteiger partial charge >= 0.3 is 11.9 Å². The van der Waals surface area contributed by atoms with Gasteiger partial charge in [0.1, 0.15) is 12.1 Å². The number of allylic oxidation sites excluding steroid dienone is 1. The highest BCUT2D eigenvalue weighted by Crippen LogP contribution is 2.30. The Labute approximate surface area is 177 Å². The van der Waals surface area contributed by atoms with Crippen LogP contribution in [0.15, 0.2) is 23.8 Å². The van der Waals surface area contributed by atoms with Crippen molar-refractivity contribution in [2.75, 3.05) is 12.9 Å². The van der Waals surface area contributed by atoms with Gasteiger partial charge in [-0.3, -0.25) is 9.59 Å². The number of ether oxygens (including phenoxy) is 2. The van der Waals surface area contributed by atoms with Crippen LogP contribution < -0.4 is 5.73 Å². The molecule has 0 amide bonds. The second-order valence-electron chi connectivity index (χ2n) is 7.91. The molecule has 4 N–H and O–H groups in total. The van der Waals surface area contributed by atoms with Crippen LogP contribution in [0.2, 0.25) is 0 Å². The lowest BCUT2D eigenvalue weighted by molar-refractivity contribution is -0.151. The molecule has 166 valence electrons. The van der Waals surface area contributed by atoms with E-state index in [1.54, 1.807) is 26.2 Å². The molecule has 0 bridgehead atoms. The molecule has 0 radical (unpaired) electrons. The van der Waals surface area contributed by atoms with Crippen LogP contribution in [0.25, 0.3) is 0 Å². The number of carboxylic acid groups (broad SMARTS) is 1. The molecule has 0 aromatic carbocycles. The third kappa shape index (κ3) is 8.50. The van der Waals surface area contributed by atoms with Gasteiger partial charge in [-0.2, -0.15) is 11.8 Å². The van der Waals surface area contributed by atoms with E-state index in [-0.39, 0.29) is 30.3 Å². The summed E-state index contributed by atoms with van der Waals surface area (Å²) in [6, 6.07) is -1.08. The Balaban J connectivity index is 3.17. The Hall–Kier alpha value is -1.35. The van der Waals surface area contributed by atoms with Gasteiger partial charge in [0.25, 0.3) is 0 Å². The predicted octanol–water partition coefficient (Wildman–Crippen LogP) is 2.52. The molecule has 0 unspecified atom stereocenters. The van der Waals surface area contributed by atoms with Gasteiger partial charge in [0.05, 0.1) is 18.1 Å². The molecule has 29 heavy (non-hydrogen) atoms. The van der Waals surface area contributed by atoms with E-state index in [4.69, 9.17) is 20.3 Å². The summed E-state index contributed by atoms with van der Waals surface area (Å²) in [5, 5.41) is 19.5. The number of aliphatic carboxylic acids is 1. The molecular formula is C21H35NO6S. The minimum absolute atomic E-state index is 0.0577.